The predicted molar refractivity (Wildman–Crippen MR) is 107 cm³/mol. The van der Waals surface area contributed by atoms with Gasteiger partial charge in [0, 0.05) is 28.9 Å². The van der Waals surface area contributed by atoms with Crippen molar-refractivity contribution in [2.45, 2.75) is 31.5 Å². The SMILES string of the molecule is CC1(C)c2ccccc2N2Cc3cc([N+](=O)[O-])ccc3OC21c1ccccc1. The number of nitro benzene ring substituents is 1. The van der Waals surface area contributed by atoms with E-state index in [4.69, 9.17) is 4.74 Å². The summed E-state index contributed by atoms with van der Waals surface area (Å²) in [6.07, 6.45) is 0. The van der Waals surface area contributed by atoms with Crippen LogP contribution in [0.15, 0.2) is 72.8 Å². The molecule has 1 unspecified atom stereocenters. The molecule has 0 amide bonds. The van der Waals surface area contributed by atoms with Gasteiger partial charge in [-0.3, -0.25) is 10.1 Å². The lowest BCUT2D eigenvalue weighted by atomic mass is 9.73. The fourth-order valence-corrected chi connectivity index (χ4v) is 4.78. The molecule has 3 aromatic carbocycles. The summed E-state index contributed by atoms with van der Waals surface area (Å²) >= 11 is 0. The predicted octanol–water partition coefficient (Wildman–Crippen LogP) is 5.14. The zero-order chi connectivity index (χ0) is 19.5. The van der Waals surface area contributed by atoms with Crippen LogP contribution in [-0.4, -0.2) is 4.92 Å². The minimum atomic E-state index is -0.721. The van der Waals surface area contributed by atoms with Gasteiger partial charge in [0.15, 0.2) is 0 Å². The Morgan fingerprint density at radius 2 is 1.71 bits per heavy atom. The van der Waals surface area contributed by atoms with Crippen LogP contribution in [0.5, 0.6) is 5.75 Å². The van der Waals surface area contributed by atoms with E-state index in [2.05, 4.69) is 49.1 Å². The maximum Gasteiger partial charge on any atom is 0.270 e. The highest BCUT2D eigenvalue weighted by Gasteiger charge is 2.61. The van der Waals surface area contributed by atoms with Crippen molar-refractivity contribution in [1.82, 2.24) is 0 Å². The van der Waals surface area contributed by atoms with E-state index in [0.717, 1.165) is 16.8 Å². The smallest absolute Gasteiger partial charge is 0.270 e. The van der Waals surface area contributed by atoms with Crippen LogP contribution in [0.2, 0.25) is 0 Å². The number of rotatable bonds is 2. The molecule has 0 radical (unpaired) electrons. The van der Waals surface area contributed by atoms with E-state index in [1.54, 1.807) is 12.1 Å². The molecule has 5 nitrogen and oxygen atoms in total. The first-order valence-corrected chi connectivity index (χ1v) is 9.34. The number of non-ortho nitro benzene ring substituents is 1. The normalized spacial score (nSPS) is 21.3. The lowest BCUT2D eigenvalue weighted by molar-refractivity contribution is -0.385. The van der Waals surface area contributed by atoms with Crippen molar-refractivity contribution in [3.8, 4) is 5.75 Å². The Labute approximate surface area is 163 Å². The van der Waals surface area contributed by atoms with Gasteiger partial charge in [0.1, 0.15) is 5.75 Å². The summed E-state index contributed by atoms with van der Waals surface area (Å²) in [4.78, 5) is 13.1. The van der Waals surface area contributed by atoms with Crippen molar-refractivity contribution in [3.05, 3.63) is 99.6 Å². The van der Waals surface area contributed by atoms with Crippen LogP contribution in [0.3, 0.4) is 0 Å². The fraction of sp³-hybridized carbons (Fsp3) is 0.217. The topological polar surface area (TPSA) is 55.6 Å². The standard InChI is InChI=1S/C23H20N2O3/c1-22(2)19-10-6-7-11-20(19)24-15-16-14-18(25(26)27)12-13-21(16)28-23(22,24)17-8-4-3-5-9-17/h3-14H,15H2,1-2H3. The monoisotopic (exact) mass is 372 g/mol. The Balaban J connectivity index is 1.78. The summed E-state index contributed by atoms with van der Waals surface area (Å²) in [5.74, 6) is 0.701. The summed E-state index contributed by atoms with van der Waals surface area (Å²) < 4.78 is 6.77. The molecule has 1 atom stereocenters. The molecule has 0 spiro atoms. The van der Waals surface area contributed by atoms with Crippen LogP contribution < -0.4 is 9.64 Å². The minimum absolute atomic E-state index is 0.0845. The van der Waals surface area contributed by atoms with E-state index < -0.39 is 5.72 Å². The molecule has 2 heterocycles. The molecule has 2 aliphatic heterocycles. The highest BCUT2D eigenvalue weighted by atomic mass is 16.6. The molecule has 0 saturated heterocycles. The molecule has 140 valence electrons. The molecule has 0 saturated carbocycles. The van der Waals surface area contributed by atoms with Gasteiger partial charge < -0.3 is 9.64 Å². The molecule has 3 aromatic rings. The van der Waals surface area contributed by atoms with Crippen molar-refractivity contribution in [3.63, 3.8) is 0 Å². The summed E-state index contributed by atoms with van der Waals surface area (Å²) in [5, 5.41) is 11.3. The zero-order valence-corrected chi connectivity index (χ0v) is 15.8. The van der Waals surface area contributed by atoms with Gasteiger partial charge in [-0.2, -0.15) is 0 Å². The highest BCUT2D eigenvalue weighted by molar-refractivity contribution is 5.69. The molecule has 2 aliphatic rings. The number of para-hydroxylation sites is 1. The first-order chi connectivity index (χ1) is 13.4. The maximum atomic E-state index is 11.3. The average molecular weight is 372 g/mol. The number of hydrogen-bond acceptors (Lipinski definition) is 4. The van der Waals surface area contributed by atoms with Crippen molar-refractivity contribution in [1.29, 1.82) is 0 Å². The Bertz CT molecular complexity index is 1090. The van der Waals surface area contributed by atoms with Gasteiger partial charge in [-0.1, -0.05) is 48.5 Å². The van der Waals surface area contributed by atoms with Gasteiger partial charge in [0.2, 0.25) is 5.72 Å². The number of nitro groups is 1. The minimum Gasteiger partial charge on any atom is -0.462 e. The summed E-state index contributed by atoms with van der Waals surface area (Å²) in [6.45, 7) is 4.96. The Hall–Kier alpha value is -3.34. The van der Waals surface area contributed by atoms with Gasteiger partial charge in [0.25, 0.3) is 5.69 Å². The summed E-state index contributed by atoms with van der Waals surface area (Å²) in [5.41, 5.74) is 3.25. The van der Waals surface area contributed by atoms with Gasteiger partial charge in [-0.05, 0) is 31.5 Å². The van der Waals surface area contributed by atoms with Crippen LogP contribution >= 0.6 is 0 Å². The lowest BCUT2D eigenvalue weighted by Crippen LogP contribution is -2.58. The molecular formula is C23H20N2O3. The highest BCUT2D eigenvalue weighted by Crippen LogP contribution is 2.60. The molecule has 0 aromatic heterocycles. The first kappa shape index (κ1) is 16.8. The largest absolute Gasteiger partial charge is 0.462 e. The van der Waals surface area contributed by atoms with Crippen LogP contribution in [0.4, 0.5) is 11.4 Å². The molecule has 0 fully saturated rings. The van der Waals surface area contributed by atoms with Crippen molar-refractivity contribution < 1.29 is 9.66 Å². The van der Waals surface area contributed by atoms with Gasteiger partial charge in [-0.15, -0.1) is 0 Å². The van der Waals surface area contributed by atoms with E-state index >= 15 is 0 Å². The number of benzene rings is 3. The van der Waals surface area contributed by atoms with E-state index in [0.29, 0.717) is 12.3 Å². The quantitative estimate of drug-likeness (QED) is 0.462. The van der Waals surface area contributed by atoms with Gasteiger partial charge >= 0.3 is 0 Å². The summed E-state index contributed by atoms with van der Waals surface area (Å²) in [6, 6.07) is 23.4. The van der Waals surface area contributed by atoms with Crippen LogP contribution in [0.25, 0.3) is 0 Å². The third-order valence-corrected chi connectivity index (χ3v) is 6.10. The van der Waals surface area contributed by atoms with Crippen molar-refractivity contribution in [2.24, 2.45) is 0 Å². The second-order valence-electron chi connectivity index (χ2n) is 7.89. The third kappa shape index (κ3) is 2.01. The Morgan fingerprint density at radius 3 is 2.46 bits per heavy atom. The molecule has 5 heteroatoms. The van der Waals surface area contributed by atoms with Gasteiger partial charge in [0.05, 0.1) is 16.9 Å². The molecular weight excluding hydrogens is 352 g/mol. The van der Waals surface area contributed by atoms with E-state index in [1.165, 1.54) is 11.6 Å². The van der Waals surface area contributed by atoms with Crippen LogP contribution in [0.1, 0.15) is 30.5 Å². The van der Waals surface area contributed by atoms with Crippen LogP contribution in [0, 0.1) is 10.1 Å². The number of ether oxygens (including phenoxy) is 1. The van der Waals surface area contributed by atoms with E-state index in [1.807, 2.05) is 24.3 Å². The Kier molecular flexibility index (Phi) is 3.35. The molecule has 0 aliphatic carbocycles. The lowest BCUT2D eigenvalue weighted by Gasteiger charge is -2.50. The number of anilines is 1. The van der Waals surface area contributed by atoms with Crippen molar-refractivity contribution >= 4 is 11.4 Å². The molecule has 0 bridgehead atoms. The average Bonchev–Trinajstić information content (AvgIpc) is 2.91. The Morgan fingerprint density at radius 1 is 1.00 bits per heavy atom. The van der Waals surface area contributed by atoms with Crippen LogP contribution in [-0.2, 0) is 17.7 Å². The maximum absolute atomic E-state index is 11.3. The second kappa shape index (κ2) is 5.58. The zero-order valence-electron chi connectivity index (χ0n) is 15.8. The van der Waals surface area contributed by atoms with E-state index in [9.17, 15) is 10.1 Å². The number of hydrogen-bond donors (Lipinski definition) is 0. The number of fused-ring (bicyclic) bond motifs is 4. The van der Waals surface area contributed by atoms with Gasteiger partial charge in [-0.25, -0.2) is 0 Å². The molecule has 5 rings (SSSR count). The first-order valence-electron chi connectivity index (χ1n) is 9.34. The van der Waals surface area contributed by atoms with E-state index in [-0.39, 0.29) is 16.0 Å². The van der Waals surface area contributed by atoms with Crippen molar-refractivity contribution in [2.75, 3.05) is 4.90 Å². The fourth-order valence-electron chi connectivity index (χ4n) is 4.78. The molecule has 0 N–H and O–H groups in total. The summed E-state index contributed by atoms with van der Waals surface area (Å²) in [7, 11) is 0. The second-order valence-corrected chi connectivity index (χ2v) is 7.89. The molecule has 28 heavy (non-hydrogen) atoms. The number of nitrogens with zero attached hydrogens (tertiary/aromatic N) is 2. The third-order valence-electron chi connectivity index (χ3n) is 6.10.